The van der Waals surface area contributed by atoms with Crippen LogP contribution < -0.4 is 10.9 Å². The van der Waals surface area contributed by atoms with Crippen LogP contribution in [0.3, 0.4) is 0 Å². The standard InChI is InChI=1S/C25H21F2N3O2S/c1-3-16-8-6-7-15(2)23(16)29-22(31)14-33-25-28-20-10-5-4-9-18(20)24(32)30(25)21-12-11-17(26)13-19(21)27/h4-13H,3,14H2,1-2H3,(H,29,31). The van der Waals surface area contributed by atoms with Gasteiger partial charge in [-0.15, -0.1) is 0 Å². The SMILES string of the molecule is CCc1cccc(C)c1NC(=O)CSc1nc2ccccc2c(=O)n1-c1ccc(F)cc1F. The molecule has 4 aromatic rings. The predicted molar refractivity (Wildman–Crippen MR) is 127 cm³/mol. The molecular formula is C25H21F2N3O2S. The van der Waals surface area contributed by atoms with Crippen LogP contribution in [0.1, 0.15) is 18.1 Å². The number of carbonyl (C=O) groups is 1. The van der Waals surface area contributed by atoms with Gasteiger partial charge in [0.15, 0.2) is 5.16 Å². The summed E-state index contributed by atoms with van der Waals surface area (Å²) < 4.78 is 29.1. The molecule has 0 aliphatic heterocycles. The highest BCUT2D eigenvalue weighted by atomic mass is 32.2. The van der Waals surface area contributed by atoms with Crippen LogP contribution in [0, 0.1) is 18.6 Å². The van der Waals surface area contributed by atoms with Crippen LogP contribution >= 0.6 is 11.8 Å². The van der Waals surface area contributed by atoms with Crippen molar-refractivity contribution in [1.82, 2.24) is 9.55 Å². The maximum atomic E-state index is 14.6. The quantitative estimate of drug-likeness (QED) is 0.311. The van der Waals surface area contributed by atoms with E-state index in [0.717, 1.165) is 45.6 Å². The van der Waals surface area contributed by atoms with E-state index in [1.807, 2.05) is 32.0 Å². The zero-order chi connectivity index (χ0) is 23.5. The van der Waals surface area contributed by atoms with E-state index in [1.165, 1.54) is 6.07 Å². The van der Waals surface area contributed by atoms with Gasteiger partial charge in [0.25, 0.3) is 5.56 Å². The van der Waals surface area contributed by atoms with Crippen LogP contribution in [0.25, 0.3) is 16.6 Å². The molecule has 0 saturated heterocycles. The lowest BCUT2D eigenvalue weighted by atomic mass is 10.1. The van der Waals surface area contributed by atoms with Crippen LogP contribution in [0.15, 0.2) is 70.6 Å². The third-order valence-electron chi connectivity index (χ3n) is 5.23. The van der Waals surface area contributed by atoms with Gasteiger partial charge in [-0.25, -0.2) is 13.8 Å². The van der Waals surface area contributed by atoms with Gasteiger partial charge >= 0.3 is 0 Å². The number of thioether (sulfide) groups is 1. The molecule has 0 atom stereocenters. The Morgan fingerprint density at radius 2 is 1.88 bits per heavy atom. The molecule has 4 rings (SSSR count). The Hall–Kier alpha value is -3.52. The molecular weight excluding hydrogens is 444 g/mol. The van der Waals surface area contributed by atoms with E-state index >= 15 is 0 Å². The molecule has 0 aliphatic rings. The largest absolute Gasteiger partial charge is 0.325 e. The molecule has 3 aromatic carbocycles. The number of halogens is 2. The van der Waals surface area contributed by atoms with E-state index < -0.39 is 17.2 Å². The van der Waals surface area contributed by atoms with Gasteiger partial charge in [-0.05, 0) is 48.7 Å². The molecule has 0 aliphatic carbocycles. The van der Waals surface area contributed by atoms with Crippen molar-refractivity contribution in [3.8, 4) is 5.69 Å². The van der Waals surface area contributed by atoms with Crippen molar-refractivity contribution in [2.75, 3.05) is 11.1 Å². The smallest absolute Gasteiger partial charge is 0.266 e. The third-order valence-corrected chi connectivity index (χ3v) is 6.17. The second-order valence-electron chi connectivity index (χ2n) is 7.45. The fourth-order valence-corrected chi connectivity index (χ4v) is 4.40. The molecule has 0 unspecified atom stereocenters. The molecule has 0 bridgehead atoms. The lowest BCUT2D eigenvalue weighted by molar-refractivity contribution is -0.113. The van der Waals surface area contributed by atoms with Crippen molar-refractivity contribution >= 4 is 34.3 Å². The first-order valence-corrected chi connectivity index (χ1v) is 11.4. The van der Waals surface area contributed by atoms with E-state index in [-0.39, 0.29) is 22.5 Å². The molecule has 1 aromatic heterocycles. The summed E-state index contributed by atoms with van der Waals surface area (Å²) in [6.07, 6.45) is 0.764. The Morgan fingerprint density at radius 1 is 1.09 bits per heavy atom. The van der Waals surface area contributed by atoms with Gasteiger partial charge in [0.2, 0.25) is 5.91 Å². The average Bonchev–Trinajstić information content (AvgIpc) is 2.80. The van der Waals surface area contributed by atoms with Crippen LogP contribution in [0.5, 0.6) is 0 Å². The van der Waals surface area contributed by atoms with E-state index in [4.69, 9.17) is 0 Å². The molecule has 0 radical (unpaired) electrons. The molecule has 1 N–H and O–H groups in total. The van der Waals surface area contributed by atoms with Crippen molar-refractivity contribution in [1.29, 1.82) is 0 Å². The van der Waals surface area contributed by atoms with Gasteiger partial charge in [-0.2, -0.15) is 0 Å². The number of anilines is 1. The molecule has 33 heavy (non-hydrogen) atoms. The number of hydrogen-bond donors (Lipinski definition) is 1. The first-order chi connectivity index (χ1) is 15.9. The summed E-state index contributed by atoms with van der Waals surface area (Å²) in [6, 6.07) is 15.5. The summed E-state index contributed by atoms with van der Waals surface area (Å²) in [5, 5.41) is 3.36. The van der Waals surface area contributed by atoms with Gasteiger partial charge in [0, 0.05) is 11.8 Å². The minimum Gasteiger partial charge on any atom is -0.325 e. The van der Waals surface area contributed by atoms with E-state index in [2.05, 4.69) is 10.3 Å². The van der Waals surface area contributed by atoms with Crippen LogP contribution in [0.4, 0.5) is 14.5 Å². The second kappa shape index (κ2) is 9.54. The van der Waals surface area contributed by atoms with Crippen molar-refractivity contribution in [2.24, 2.45) is 0 Å². The van der Waals surface area contributed by atoms with Gasteiger partial charge in [0.1, 0.15) is 11.6 Å². The Bertz CT molecular complexity index is 1420. The lowest BCUT2D eigenvalue weighted by Crippen LogP contribution is -2.24. The van der Waals surface area contributed by atoms with Gasteiger partial charge in [0.05, 0.1) is 22.3 Å². The predicted octanol–water partition coefficient (Wildman–Crippen LogP) is 5.27. The maximum Gasteiger partial charge on any atom is 0.266 e. The summed E-state index contributed by atoms with van der Waals surface area (Å²) in [5.74, 6) is -1.98. The molecule has 168 valence electrons. The highest BCUT2D eigenvalue weighted by Gasteiger charge is 2.18. The zero-order valence-electron chi connectivity index (χ0n) is 18.1. The van der Waals surface area contributed by atoms with E-state index in [0.29, 0.717) is 17.0 Å². The van der Waals surface area contributed by atoms with Gasteiger partial charge < -0.3 is 5.32 Å². The summed E-state index contributed by atoms with van der Waals surface area (Å²) in [6.45, 7) is 3.93. The molecule has 1 amide bonds. The number of carbonyl (C=O) groups excluding carboxylic acids is 1. The summed E-state index contributed by atoms with van der Waals surface area (Å²) in [4.78, 5) is 30.4. The number of nitrogens with one attached hydrogen (secondary N) is 1. The lowest BCUT2D eigenvalue weighted by Gasteiger charge is -2.15. The number of aromatic nitrogens is 2. The number of hydrogen-bond acceptors (Lipinski definition) is 4. The Morgan fingerprint density at radius 3 is 2.64 bits per heavy atom. The van der Waals surface area contributed by atoms with Crippen molar-refractivity contribution in [3.05, 3.63) is 93.8 Å². The minimum absolute atomic E-state index is 0.0505. The number of aryl methyl sites for hydroxylation is 2. The fourth-order valence-electron chi connectivity index (χ4n) is 3.59. The number of rotatable bonds is 6. The first-order valence-electron chi connectivity index (χ1n) is 10.4. The third kappa shape index (κ3) is 4.66. The van der Waals surface area contributed by atoms with Gasteiger partial charge in [-0.3, -0.25) is 14.2 Å². The monoisotopic (exact) mass is 465 g/mol. The van der Waals surface area contributed by atoms with E-state index in [9.17, 15) is 18.4 Å². The summed E-state index contributed by atoms with van der Waals surface area (Å²) in [7, 11) is 0. The van der Waals surface area contributed by atoms with Crippen LogP contribution in [-0.2, 0) is 11.2 Å². The molecule has 5 nitrogen and oxygen atoms in total. The topological polar surface area (TPSA) is 64.0 Å². The normalized spacial score (nSPS) is 11.0. The molecule has 0 fully saturated rings. The summed E-state index contributed by atoms with van der Waals surface area (Å²) in [5.41, 5.74) is 2.52. The number of nitrogens with zero attached hydrogens (tertiary/aromatic N) is 2. The molecule has 1 heterocycles. The molecule has 0 spiro atoms. The number of amides is 1. The van der Waals surface area contributed by atoms with Crippen LogP contribution in [0.2, 0.25) is 0 Å². The maximum absolute atomic E-state index is 14.6. The van der Waals surface area contributed by atoms with Crippen LogP contribution in [-0.4, -0.2) is 21.2 Å². The van der Waals surface area contributed by atoms with Crippen molar-refractivity contribution in [3.63, 3.8) is 0 Å². The number of para-hydroxylation sites is 2. The molecule has 0 saturated carbocycles. The fraction of sp³-hybridized carbons (Fsp3) is 0.160. The summed E-state index contributed by atoms with van der Waals surface area (Å²) >= 11 is 1.01. The first kappa shape index (κ1) is 22.7. The van der Waals surface area contributed by atoms with Gasteiger partial charge in [-0.1, -0.05) is 49.0 Å². The minimum atomic E-state index is -0.895. The highest BCUT2D eigenvalue weighted by Crippen LogP contribution is 2.25. The van der Waals surface area contributed by atoms with Crippen molar-refractivity contribution < 1.29 is 13.6 Å². The zero-order valence-corrected chi connectivity index (χ0v) is 18.9. The Kier molecular flexibility index (Phi) is 6.55. The Labute approximate surface area is 193 Å². The second-order valence-corrected chi connectivity index (χ2v) is 8.39. The Balaban J connectivity index is 1.70. The molecule has 8 heteroatoms. The highest BCUT2D eigenvalue weighted by molar-refractivity contribution is 7.99. The van der Waals surface area contributed by atoms with Crippen molar-refractivity contribution in [2.45, 2.75) is 25.4 Å². The number of benzene rings is 3. The van der Waals surface area contributed by atoms with E-state index in [1.54, 1.807) is 24.3 Å². The number of fused-ring (bicyclic) bond motifs is 1. The average molecular weight is 466 g/mol.